The molecule has 0 bridgehead atoms. The summed E-state index contributed by atoms with van der Waals surface area (Å²) in [5, 5.41) is 15.8. The molecule has 0 aliphatic heterocycles. The molecule has 10 heteroatoms. The lowest BCUT2D eigenvalue weighted by molar-refractivity contribution is -0.137. The predicted octanol–water partition coefficient (Wildman–Crippen LogP) is 4.15. The zero-order valence-corrected chi connectivity index (χ0v) is 14.4. The summed E-state index contributed by atoms with van der Waals surface area (Å²) in [6, 6.07) is 5.22. The van der Waals surface area contributed by atoms with E-state index in [0.29, 0.717) is 11.7 Å². The summed E-state index contributed by atoms with van der Waals surface area (Å²) >= 11 is 0.986. The van der Waals surface area contributed by atoms with Gasteiger partial charge in [-0.1, -0.05) is 42.9 Å². The summed E-state index contributed by atoms with van der Waals surface area (Å²) in [5.74, 6) is -0.203. The predicted molar refractivity (Wildman–Crippen MR) is 91.8 cm³/mol. The van der Waals surface area contributed by atoms with Gasteiger partial charge in [0.05, 0.1) is 5.56 Å². The highest BCUT2D eigenvalue weighted by Gasteiger charge is 2.34. The number of aromatic nitrogens is 2. The Balaban J connectivity index is 0.00000288. The number of anilines is 1. The molecule has 0 atom stereocenters. The number of hydrogen-bond acceptors (Lipinski definition) is 4. The molecule has 132 valence electrons. The maximum Gasteiger partial charge on any atom is 0.417 e. The van der Waals surface area contributed by atoms with Crippen molar-refractivity contribution in [1.82, 2.24) is 10.2 Å². The Morgan fingerprint density at radius 3 is 2.54 bits per heavy atom. The average Bonchev–Trinajstić information content (AvgIpc) is 2.96. The van der Waals surface area contributed by atoms with Gasteiger partial charge in [-0.05, 0) is 12.5 Å². The molecule has 0 saturated heterocycles. The van der Waals surface area contributed by atoms with E-state index in [1.165, 1.54) is 23.1 Å². The normalized spacial score (nSPS) is 11.0. The number of rotatable bonds is 5. The fourth-order valence-corrected chi connectivity index (χ4v) is 2.91. The number of alkyl halides is 3. The highest BCUT2D eigenvalue weighted by molar-refractivity contribution is 7.18. The van der Waals surface area contributed by atoms with Crippen LogP contribution in [-0.4, -0.2) is 22.7 Å². The SMILES string of the molecule is CCCCN(C(=N)N)c1nnc(-c2ccccc2C(F)(F)F)s1.Cl. The van der Waals surface area contributed by atoms with Gasteiger partial charge in [0, 0.05) is 12.1 Å². The second-order valence-corrected chi connectivity index (χ2v) is 5.78. The van der Waals surface area contributed by atoms with Gasteiger partial charge in [0.15, 0.2) is 5.96 Å². The molecular weight excluding hydrogens is 363 g/mol. The monoisotopic (exact) mass is 379 g/mol. The summed E-state index contributed by atoms with van der Waals surface area (Å²) in [5.41, 5.74) is 4.74. The minimum Gasteiger partial charge on any atom is -0.370 e. The molecule has 5 nitrogen and oxygen atoms in total. The Morgan fingerprint density at radius 2 is 1.96 bits per heavy atom. The number of guanidine groups is 1. The van der Waals surface area contributed by atoms with Crippen LogP contribution in [0.15, 0.2) is 24.3 Å². The standard InChI is InChI=1S/C14H16F3N5S.ClH/c1-2-3-8-22(12(18)19)13-21-20-11(23-13)9-6-4-5-7-10(9)14(15,16)17;/h4-7H,2-3,8H2,1H3,(H3,18,19);1H. The Bertz CT molecular complexity index is 689. The van der Waals surface area contributed by atoms with E-state index < -0.39 is 11.7 Å². The Morgan fingerprint density at radius 1 is 1.29 bits per heavy atom. The van der Waals surface area contributed by atoms with Gasteiger partial charge < -0.3 is 5.73 Å². The van der Waals surface area contributed by atoms with Crippen LogP contribution in [0, 0.1) is 5.41 Å². The number of nitrogens with zero attached hydrogens (tertiary/aromatic N) is 3. The van der Waals surface area contributed by atoms with Crippen LogP contribution in [0.5, 0.6) is 0 Å². The fourth-order valence-electron chi connectivity index (χ4n) is 1.99. The lowest BCUT2D eigenvalue weighted by Gasteiger charge is -2.18. The summed E-state index contributed by atoms with van der Waals surface area (Å²) in [7, 11) is 0. The van der Waals surface area contributed by atoms with E-state index in [1.54, 1.807) is 0 Å². The van der Waals surface area contributed by atoms with E-state index in [4.69, 9.17) is 11.1 Å². The van der Waals surface area contributed by atoms with Gasteiger partial charge in [0.2, 0.25) is 5.13 Å². The third kappa shape index (κ3) is 4.57. The van der Waals surface area contributed by atoms with Gasteiger partial charge in [-0.3, -0.25) is 10.3 Å². The van der Waals surface area contributed by atoms with Gasteiger partial charge in [0.1, 0.15) is 5.01 Å². The van der Waals surface area contributed by atoms with Crippen LogP contribution < -0.4 is 10.6 Å². The van der Waals surface area contributed by atoms with Crippen molar-refractivity contribution in [1.29, 1.82) is 5.41 Å². The average molecular weight is 380 g/mol. The Labute approximate surface area is 147 Å². The van der Waals surface area contributed by atoms with Crippen LogP contribution in [0.2, 0.25) is 0 Å². The number of nitrogens with one attached hydrogen (secondary N) is 1. The maximum absolute atomic E-state index is 13.1. The molecule has 1 aromatic heterocycles. The number of benzene rings is 1. The van der Waals surface area contributed by atoms with Crippen molar-refractivity contribution >= 4 is 34.8 Å². The molecule has 1 heterocycles. The molecule has 0 unspecified atom stereocenters. The van der Waals surface area contributed by atoms with Crippen molar-refractivity contribution in [2.24, 2.45) is 5.73 Å². The van der Waals surface area contributed by atoms with E-state index in [-0.39, 0.29) is 28.9 Å². The van der Waals surface area contributed by atoms with E-state index in [0.717, 1.165) is 30.2 Å². The Kier molecular flexibility index (Phi) is 6.97. The summed E-state index contributed by atoms with van der Waals surface area (Å²) in [6.45, 7) is 2.46. The third-order valence-electron chi connectivity index (χ3n) is 3.13. The van der Waals surface area contributed by atoms with Crippen LogP contribution in [-0.2, 0) is 6.18 Å². The summed E-state index contributed by atoms with van der Waals surface area (Å²) < 4.78 is 39.3. The van der Waals surface area contributed by atoms with Crippen LogP contribution in [0.3, 0.4) is 0 Å². The summed E-state index contributed by atoms with van der Waals surface area (Å²) in [6.07, 6.45) is -2.79. The second-order valence-electron chi connectivity index (χ2n) is 4.82. The van der Waals surface area contributed by atoms with Crippen LogP contribution in [0.1, 0.15) is 25.3 Å². The van der Waals surface area contributed by atoms with Crippen LogP contribution >= 0.6 is 23.7 Å². The molecule has 2 aromatic rings. The molecule has 0 aliphatic rings. The highest BCUT2D eigenvalue weighted by atomic mass is 35.5. The number of unbranched alkanes of at least 4 members (excludes halogenated alkanes) is 1. The smallest absolute Gasteiger partial charge is 0.370 e. The molecule has 0 saturated carbocycles. The van der Waals surface area contributed by atoms with Crippen molar-refractivity contribution < 1.29 is 13.2 Å². The molecule has 24 heavy (non-hydrogen) atoms. The molecule has 0 radical (unpaired) electrons. The van der Waals surface area contributed by atoms with Gasteiger partial charge >= 0.3 is 6.18 Å². The van der Waals surface area contributed by atoms with Gasteiger partial charge in [-0.25, -0.2) is 0 Å². The summed E-state index contributed by atoms with van der Waals surface area (Å²) in [4.78, 5) is 1.45. The topological polar surface area (TPSA) is 78.9 Å². The van der Waals surface area contributed by atoms with Crippen molar-refractivity contribution in [2.45, 2.75) is 25.9 Å². The fraction of sp³-hybridized carbons (Fsp3) is 0.357. The second kappa shape index (κ2) is 8.29. The van der Waals surface area contributed by atoms with E-state index in [1.807, 2.05) is 6.92 Å². The quantitative estimate of drug-likeness (QED) is 0.604. The molecule has 0 amide bonds. The van der Waals surface area contributed by atoms with E-state index >= 15 is 0 Å². The minimum atomic E-state index is -4.47. The van der Waals surface area contributed by atoms with Crippen molar-refractivity contribution in [3.8, 4) is 10.6 Å². The Hall–Kier alpha value is -1.87. The third-order valence-corrected chi connectivity index (χ3v) is 4.11. The van der Waals surface area contributed by atoms with Crippen molar-refractivity contribution in [3.05, 3.63) is 29.8 Å². The first-order valence-electron chi connectivity index (χ1n) is 6.96. The molecule has 1 aromatic carbocycles. The van der Waals surface area contributed by atoms with E-state index in [2.05, 4.69) is 10.2 Å². The largest absolute Gasteiger partial charge is 0.417 e. The molecule has 0 spiro atoms. The lowest BCUT2D eigenvalue weighted by atomic mass is 10.1. The molecule has 0 aliphatic carbocycles. The number of hydrogen-bond donors (Lipinski definition) is 2. The van der Waals surface area contributed by atoms with Crippen LogP contribution in [0.4, 0.5) is 18.3 Å². The molecule has 0 fully saturated rings. The van der Waals surface area contributed by atoms with Crippen molar-refractivity contribution in [2.75, 3.05) is 11.4 Å². The van der Waals surface area contributed by atoms with Crippen molar-refractivity contribution in [3.63, 3.8) is 0 Å². The van der Waals surface area contributed by atoms with Gasteiger partial charge in [0.25, 0.3) is 0 Å². The zero-order valence-electron chi connectivity index (χ0n) is 12.8. The number of halogens is 4. The van der Waals surface area contributed by atoms with E-state index in [9.17, 15) is 13.2 Å². The maximum atomic E-state index is 13.1. The number of nitrogens with two attached hydrogens (primary N) is 1. The first-order chi connectivity index (χ1) is 10.8. The lowest BCUT2D eigenvalue weighted by Crippen LogP contribution is -2.37. The first kappa shape index (κ1) is 20.2. The first-order valence-corrected chi connectivity index (χ1v) is 7.78. The highest BCUT2D eigenvalue weighted by Crippen LogP contribution is 2.39. The minimum absolute atomic E-state index is 0. The van der Waals surface area contributed by atoms with Crippen LogP contribution in [0.25, 0.3) is 10.6 Å². The molecular formula is C14H17ClF3N5S. The molecule has 2 rings (SSSR count). The molecule has 3 N–H and O–H groups in total. The van der Waals surface area contributed by atoms with Gasteiger partial charge in [-0.2, -0.15) is 13.2 Å². The van der Waals surface area contributed by atoms with Gasteiger partial charge in [-0.15, -0.1) is 22.6 Å². The zero-order chi connectivity index (χ0) is 17.0.